The van der Waals surface area contributed by atoms with E-state index < -0.39 is 11.9 Å². The van der Waals surface area contributed by atoms with E-state index in [9.17, 15) is 19.2 Å². The van der Waals surface area contributed by atoms with Crippen LogP contribution in [-0.2, 0) is 25.7 Å². The van der Waals surface area contributed by atoms with Crippen LogP contribution in [0.5, 0.6) is 0 Å². The number of fused-ring (bicyclic) bond motifs is 2. The van der Waals surface area contributed by atoms with Gasteiger partial charge in [-0.2, -0.15) is 4.98 Å². The van der Waals surface area contributed by atoms with E-state index in [1.165, 1.54) is 12.8 Å². The molecule has 4 amide bonds. The van der Waals surface area contributed by atoms with Crippen molar-refractivity contribution in [1.29, 1.82) is 0 Å². The number of ether oxygens (including phenoxy) is 1. The van der Waals surface area contributed by atoms with Crippen LogP contribution in [0.1, 0.15) is 112 Å². The van der Waals surface area contributed by atoms with E-state index in [2.05, 4.69) is 54.9 Å². The summed E-state index contributed by atoms with van der Waals surface area (Å²) in [5.41, 5.74) is 5.60. The quantitative estimate of drug-likeness (QED) is 0.0903. The lowest BCUT2D eigenvalue weighted by Crippen LogP contribution is -2.55. The Morgan fingerprint density at radius 1 is 0.937 bits per heavy atom. The van der Waals surface area contributed by atoms with Crippen molar-refractivity contribution in [2.45, 2.75) is 121 Å². The van der Waals surface area contributed by atoms with E-state index in [4.69, 9.17) is 9.72 Å². The summed E-state index contributed by atoms with van der Waals surface area (Å²) in [4.78, 5) is 65.4. The predicted octanol–water partition coefficient (Wildman–Crippen LogP) is 5.28. The molecule has 3 N–H and O–H groups in total. The third-order valence-electron chi connectivity index (χ3n) is 13.3. The molecule has 2 aromatic heterocycles. The lowest BCUT2D eigenvalue weighted by atomic mass is 9.91. The average molecular weight is 854 g/mol. The van der Waals surface area contributed by atoms with Crippen LogP contribution < -0.4 is 25.8 Å². The van der Waals surface area contributed by atoms with Crippen molar-refractivity contribution < 1.29 is 23.9 Å². The normalized spacial score (nSPS) is 22.5. The number of benzene rings is 2. The van der Waals surface area contributed by atoms with Crippen LogP contribution in [0.25, 0.3) is 11.3 Å². The number of nitrogens with zero attached hydrogens (tertiary/aromatic N) is 8. The minimum Gasteiger partial charge on any atom is -0.379 e. The van der Waals surface area contributed by atoms with E-state index in [0.29, 0.717) is 62.2 Å². The Morgan fingerprint density at radius 3 is 2.52 bits per heavy atom. The molecule has 4 aromatic rings. The zero-order chi connectivity index (χ0) is 43.5. The lowest BCUT2D eigenvalue weighted by Gasteiger charge is -2.43. The maximum absolute atomic E-state index is 13.3. The van der Waals surface area contributed by atoms with Gasteiger partial charge in [0, 0.05) is 67.4 Å². The van der Waals surface area contributed by atoms with Gasteiger partial charge in [-0.1, -0.05) is 55.0 Å². The zero-order valence-electron chi connectivity index (χ0n) is 36.0. The Morgan fingerprint density at radius 2 is 1.75 bits per heavy atom. The molecule has 3 fully saturated rings. The second-order valence-corrected chi connectivity index (χ2v) is 17.2. The number of carbonyl (C=O) groups excluding carboxylic acids is 4. The Labute approximate surface area is 367 Å². The highest BCUT2D eigenvalue weighted by atomic mass is 16.5. The van der Waals surface area contributed by atoms with Gasteiger partial charge in [0.15, 0.2) is 5.82 Å². The number of likely N-dealkylation sites (N-methyl/N-ethyl adjacent to an activating group) is 1. The molecule has 1 saturated heterocycles. The Hall–Kier alpha value is -6.18. The molecular weight excluding hydrogens is 799 g/mol. The molecule has 1 unspecified atom stereocenters. The summed E-state index contributed by atoms with van der Waals surface area (Å²) in [5.74, 6) is 6.90. The molecule has 0 spiro atoms. The van der Waals surface area contributed by atoms with Gasteiger partial charge in [0.1, 0.15) is 23.5 Å². The molecule has 9 rings (SSSR count). The fourth-order valence-corrected chi connectivity index (χ4v) is 9.85. The van der Waals surface area contributed by atoms with E-state index in [-0.39, 0.29) is 30.2 Å². The first kappa shape index (κ1) is 42.1. The van der Waals surface area contributed by atoms with Gasteiger partial charge in [-0.15, -0.1) is 5.10 Å². The topological polar surface area (TPSA) is 180 Å². The number of piperidine rings is 1. The number of carbonyl (C=O) groups is 4. The van der Waals surface area contributed by atoms with Crippen LogP contribution in [0.4, 0.5) is 23.1 Å². The smallest absolute Gasteiger partial charge is 0.255 e. The highest BCUT2D eigenvalue weighted by molar-refractivity contribution is 6.06. The molecule has 5 heterocycles. The van der Waals surface area contributed by atoms with E-state index in [1.807, 2.05) is 54.3 Å². The molecule has 328 valence electrons. The van der Waals surface area contributed by atoms with Gasteiger partial charge < -0.3 is 30.1 Å². The highest BCUT2D eigenvalue weighted by Gasteiger charge is 2.42. The van der Waals surface area contributed by atoms with Crippen molar-refractivity contribution in [2.75, 3.05) is 41.9 Å². The van der Waals surface area contributed by atoms with Crippen molar-refractivity contribution in [3.63, 3.8) is 0 Å². The van der Waals surface area contributed by atoms with Crippen molar-refractivity contribution in [1.82, 2.24) is 40.5 Å². The van der Waals surface area contributed by atoms with E-state index in [1.54, 1.807) is 22.1 Å². The van der Waals surface area contributed by atoms with Crippen LogP contribution in [0, 0.1) is 11.8 Å². The Bertz CT molecular complexity index is 2410. The van der Waals surface area contributed by atoms with Crippen LogP contribution in [0.2, 0.25) is 0 Å². The van der Waals surface area contributed by atoms with Gasteiger partial charge in [-0.3, -0.25) is 24.5 Å². The number of hydrogen-bond donors (Lipinski definition) is 3. The SMILES string of the molecule is CC[C@@H]1C(=O)N(C)c2cnc(Nc3ccc(-c4cn([C@H]5CC[C@H](NCCOCCC#Cc6cccc7c6CN(C6CCC(=O)NC6=O)C7=O)CC5)nn4)cc3)nc2N1C1CCCC1. The average Bonchev–Trinajstić information content (AvgIpc) is 4.09. The fourth-order valence-electron chi connectivity index (χ4n) is 9.85. The summed E-state index contributed by atoms with van der Waals surface area (Å²) in [6, 6.07) is 13.7. The van der Waals surface area contributed by atoms with Crippen molar-refractivity contribution in [2.24, 2.45) is 0 Å². The first-order valence-electron chi connectivity index (χ1n) is 22.5. The summed E-state index contributed by atoms with van der Waals surface area (Å²) in [6.07, 6.45) is 14.3. The first-order valence-corrected chi connectivity index (χ1v) is 22.5. The van der Waals surface area contributed by atoms with Crippen molar-refractivity contribution in [3.05, 3.63) is 71.5 Å². The highest BCUT2D eigenvalue weighted by Crippen LogP contribution is 2.40. The van der Waals surface area contributed by atoms with Crippen molar-refractivity contribution in [3.8, 4) is 23.1 Å². The molecule has 2 atom stereocenters. The van der Waals surface area contributed by atoms with Crippen LogP contribution in [0.3, 0.4) is 0 Å². The van der Waals surface area contributed by atoms with Gasteiger partial charge in [-0.25, -0.2) is 9.67 Å². The maximum Gasteiger partial charge on any atom is 0.255 e. The third-order valence-corrected chi connectivity index (χ3v) is 13.3. The second-order valence-electron chi connectivity index (χ2n) is 17.2. The second kappa shape index (κ2) is 18.7. The molecule has 0 bridgehead atoms. The summed E-state index contributed by atoms with van der Waals surface area (Å²) in [6.45, 7) is 4.25. The third kappa shape index (κ3) is 8.90. The predicted molar refractivity (Wildman–Crippen MR) is 237 cm³/mol. The Balaban J connectivity index is 0.701. The van der Waals surface area contributed by atoms with Crippen LogP contribution >= 0.6 is 0 Å². The molecule has 63 heavy (non-hydrogen) atoms. The first-order chi connectivity index (χ1) is 30.7. The molecule has 2 aromatic carbocycles. The largest absolute Gasteiger partial charge is 0.379 e. The Kier molecular flexibility index (Phi) is 12.5. The number of aromatic nitrogens is 5. The number of nitrogens with one attached hydrogen (secondary N) is 3. The standard InChI is InChI=1S/C47H55N11O5/c1-3-39-46(62)55(2)41-27-49-47(52-43(41)58(39)35-11-4-5-12-35)50-33-16-14-31(15-17-33)38-29-57(54-53-38)34-20-18-32(19-21-34)48-24-26-63-25-7-6-9-30-10-8-13-36-37(30)28-56(45(36)61)40-22-23-42(59)51-44(40)60/h8,10,13-17,27,29,32,34-35,39-40,48H,3-5,7,11-12,18-26,28H2,1-2H3,(H,49,50,52)(H,51,59,60)/t32-,34-,39-,40?/m1/s1. The molecule has 3 aliphatic heterocycles. The van der Waals surface area contributed by atoms with Gasteiger partial charge >= 0.3 is 0 Å². The molecular formula is C47H55N11O5. The van der Waals surface area contributed by atoms with E-state index in [0.717, 1.165) is 91.1 Å². The molecule has 16 heteroatoms. The molecule has 5 aliphatic rings. The molecule has 2 aliphatic carbocycles. The van der Waals surface area contributed by atoms with Crippen molar-refractivity contribution >= 4 is 46.8 Å². The minimum absolute atomic E-state index is 0.104. The number of rotatable bonds is 13. The number of anilines is 4. The minimum atomic E-state index is -0.645. The van der Waals surface area contributed by atoms with E-state index >= 15 is 0 Å². The molecule has 2 saturated carbocycles. The van der Waals surface area contributed by atoms with Gasteiger partial charge in [0.05, 0.1) is 31.6 Å². The summed E-state index contributed by atoms with van der Waals surface area (Å²) in [5, 5.41) is 18.4. The monoisotopic (exact) mass is 853 g/mol. The number of imide groups is 1. The van der Waals surface area contributed by atoms with Crippen LogP contribution in [0.15, 0.2) is 54.9 Å². The van der Waals surface area contributed by atoms with Crippen LogP contribution in [-0.4, -0.2) is 104 Å². The summed E-state index contributed by atoms with van der Waals surface area (Å²) >= 11 is 0. The zero-order valence-corrected chi connectivity index (χ0v) is 36.0. The van der Waals surface area contributed by atoms with Gasteiger partial charge in [0.25, 0.3) is 5.91 Å². The summed E-state index contributed by atoms with van der Waals surface area (Å²) < 4.78 is 7.89. The fraction of sp³-hybridized carbons (Fsp3) is 0.489. The number of hydrogen-bond acceptors (Lipinski definition) is 12. The molecule has 16 nitrogen and oxygen atoms in total. The number of amides is 4. The summed E-state index contributed by atoms with van der Waals surface area (Å²) in [7, 11) is 1.82. The molecule has 0 radical (unpaired) electrons. The lowest BCUT2D eigenvalue weighted by molar-refractivity contribution is -0.137. The van der Waals surface area contributed by atoms with Gasteiger partial charge in [0.2, 0.25) is 23.7 Å². The van der Waals surface area contributed by atoms with Gasteiger partial charge in [-0.05, 0) is 81.2 Å². The maximum atomic E-state index is 13.3.